The Morgan fingerprint density at radius 1 is 1.33 bits per heavy atom. The average Bonchev–Trinajstić information content (AvgIpc) is 2.44. The molecule has 0 saturated carbocycles. The van der Waals surface area contributed by atoms with Crippen LogP contribution in [0, 0.1) is 13.8 Å². The van der Waals surface area contributed by atoms with E-state index in [1.54, 1.807) is 20.9 Å². The van der Waals surface area contributed by atoms with Crippen LogP contribution < -0.4 is 5.56 Å². The summed E-state index contributed by atoms with van der Waals surface area (Å²) >= 11 is 0. The molecule has 0 saturated heterocycles. The predicted molar refractivity (Wildman–Crippen MR) is 77.2 cm³/mol. The molecule has 1 aromatic heterocycles. The highest BCUT2D eigenvalue weighted by atomic mass is 16.5. The van der Waals surface area contributed by atoms with Crippen molar-refractivity contribution in [3.8, 4) is 0 Å². The second-order valence-corrected chi connectivity index (χ2v) is 4.92. The van der Waals surface area contributed by atoms with Crippen LogP contribution in [-0.4, -0.2) is 47.3 Å². The lowest BCUT2D eigenvalue weighted by Gasteiger charge is -2.18. The summed E-state index contributed by atoms with van der Waals surface area (Å²) in [6.07, 6.45) is 0.721. The Hall–Kier alpha value is -2.18. The van der Waals surface area contributed by atoms with E-state index in [1.165, 1.54) is 19.1 Å². The lowest BCUT2D eigenvalue weighted by molar-refractivity contribution is -0.140. The number of hydrogen-bond donors (Lipinski definition) is 0. The molecule has 1 amide bonds. The Morgan fingerprint density at radius 2 is 1.95 bits per heavy atom. The van der Waals surface area contributed by atoms with E-state index >= 15 is 0 Å². The first kappa shape index (κ1) is 16.9. The maximum absolute atomic E-state index is 12.4. The Kier molecular flexibility index (Phi) is 5.63. The van der Waals surface area contributed by atoms with Gasteiger partial charge in [-0.25, -0.2) is 4.68 Å². The van der Waals surface area contributed by atoms with Crippen LogP contribution in [0.4, 0.5) is 0 Å². The van der Waals surface area contributed by atoms with E-state index in [9.17, 15) is 14.4 Å². The molecule has 1 rings (SSSR count). The normalized spacial score (nSPS) is 10.3. The van der Waals surface area contributed by atoms with Crippen molar-refractivity contribution in [2.24, 2.45) is 7.05 Å². The number of nitrogens with zero attached hydrogens (tertiary/aromatic N) is 3. The molecule has 1 aromatic rings. The number of amides is 1. The zero-order chi connectivity index (χ0) is 16.2. The van der Waals surface area contributed by atoms with Gasteiger partial charge >= 0.3 is 5.97 Å². The molecule has 0 aromatic carbocycles. The lowest BCUT2D eigenvalue weighted by Crippen LogP contribution is -2.36. The van der Waals surface area contributed by atoms with Crippen molar-refractivity contribution in [3.05, 3.63) is 27.2 Å². The second-order valence-electron chi connectivity index (χ2n) is 4.92. The molecule has 0 spiro atoms. The maximum atomic E-state index is 12.4. The number of ether oxygens (including phenoxy) is 1. The largest absolute Gasteiger partial charge is 0.469 e. The molecule has 0 aliphatic carbocycles. The molecule has 116 valence electrons. The van der Waals surface area contributed by atoms with E-state index in [0.717, 1.165) is 4.68 Å². The third-order valence-corrected chi connectivity index (χ3v) is 3.39. The summed E-state index contributed by atoms with van der Waals surface area (Å²) in [5.74, 6) is -0.675. The minimum atomic E-state index is -0.414. The van der Waals surface area contributed by atoms with Gasteiger partial charge in [-0.05, 0) is 25.8 Å². The summed E-state index contributed by atoms with van der Waals surface area (Å²) in [6.45, 7) is 3.83. The molecule has 0 unspecified atom stereocenters. The fourth-order valence-electron chi connectivity index (χ4n) is 1.96. The van der Waals surface area contributed by atoms with Crippen LogP contribution in [0.2, 0.25) is 0 Å². The number of carbonyl (C=O) groups excluding carboxylic acids is 2. The summed E-state index contributed by atoms with van der Waals surface area (Å²) in [5, 5.41) is 4.04. The van der Waals surface area contributed by atoms with E-state index in [1.807, 2.05) is 0 Å². The first-order valence-electron chi connectivity index (χ1n) is 6.66. The third kappa shape index (κ3) is 3.90. The standard InChI is InChI=1S/C14H21N3O4/c1-9-10(2)15-17(4)14(20)12(9)13(19)16(3)8-6-7-11(18)21-5/h6-8H2,1-5H3. The first-order valence-corrected chi connectivity index (χ1v) is 6.66. The zero-order valence-corrected chi connectivity index (χ0v) is 13.1. The number of aromatic nitrogens is 2. The van der Waals surface area contributed by atoms with Crippen LogP contribution in [0.3, 0.4) is 0 Å². The van der Waals surface area contributed by atoms with Gasteiger partial charge in [0.15, 0.2) is 0 Å². The van der Waals surface area contributed by atoms with Crippen molar-refractivity contribution >= 4 is 11.9 Å². The van der Waals surface area contributed by atoms with Crippen molar-refractivity contribution < 1.29 is 14.3 Å². The molecule has 0 N–H and O–H groups in total. The average molecular weight is 295 g/mol. The van der Waals surface area contributed by atoms with Gasteiger partial charge in [-0.1, -0.05) is 0 Å². The topological polar surface area (TPSA) is 81.5 Å². The minimum absolute atomic E-state index is 0.130. The smallest absolute Gasteiger partial charge is 0.305 e. The van der Waals surface area contributed by atoms with Gasteiger partial charge < -0.3 is 9.64 Å². The van der Waals surface area contributed by atoms with E-state index in [4.69, 9.17) is 0 Å². The van der Waals surface area contributed by atoms with Gasteiger partial charge in [0.1, 0.15) is 5.56 Å². The predicted octanol–water partition coefficient (Wildman–Crippen LogP) is 0.422. The fraction of sp³-hybridized carbons (Fsp3) is 0.571. The highest BCUT2D eigenvalue weighted by Crippen LogP contribution is 2.09. The Morgan fingerprint density at radius 3 is 2.52 bits per heavy atom. The van der Waals surface area contributed by atoms with Gasteiger partial charge in [0.25, 0.3) is 11.5 Å². The molecule has 1 heterocycles. The van der Waals surface area contributed by atoms with E-state index < -0.39 is 5.56 Å². The van der Waals surface area contributed by atoms with E-state index in [2.05, 4.69) is 9.84 Å². The molecule has 0 aliphatic rings. The fourth-order valence-corrected chi connectivity index (χ4v) is 1.96. The highest BCUT2D eigenvalue weighted by Gasteiger charge is 2.21. The summed E-state index contributed by atoms with van der Waals surface area (Å²) in [4.78, 5) is 37.0. The number of esters is 1. The monoisotopic (exact) mass is 295 g/mol. The van der Waals surface area contributed by atoms with Gasteiger partial charge in [-0.2, -0.15) is 5.10 Å². The number of carbonyl (C=O) groups is 2. The molecule has 7 heteroatoms. The van der Waals surface area contributed by atoms with Gasteiger partial charge in [0, 0.05) is 27.1 Å². The number of hydrogen-bond acceptors (Lipinski definition) is 5. The molecule has 21 heavy (non-hydrogen) atoms. The van der Waals surface area contributed by atoms with Crippen molar-refractivity contribution in [2.75, 3.05) is 20.7 Å². The molecule has 0 aliphatic heterocycles. The van der Waals surface area contributed by atoms with Gasteiger partial charge in [0.05, 0.1) is 12.8 Å². The van der Waals surface area contributed by atoms with Gasteiger partial charge in [-0.15, -0.1) is 0 Å². The Balaban J connectivity index is 2.89. The summed E-state index contributed by atoms with van der Waals surface area (Å²) in [7, 11) is 4.45. The van der Waals surface area contributed by atoms with E-state index in [-0.39, 0.29) is 23.9 Å². The van der Waals surface area contributed by atoms with Gasteiger partial charge in [0.2, 0.25) is 0 Å². The first-order chi connectivity index (χ1) is 9.79. The van der Waals surface area contributed by atoms with Crippen LogP contribution in [0.5, 0.6) is 0 Å². The van der Waals surface area contributed by atoms with Crippen LogP contribution in [0.15, 0.2) is 4.79 Å². The molecule has 0 atom stereocenters. The molecule has 7 nitrogen and oxygen atoms in total. The quantitative estimate of drug-likeness (QED) is 0.735. The molecular weight excluding hydrogens is 274 g/mol. The van der Waals surface area contributed by atoms with Crippen LogP contribution >= 0.6 is 0 Å². The number of methoxy groups -OCH3 is 1. The van der Waals surface area contributed by atoms with Gasteiger partial charge in [-0.3, -0.25) is 14.4 Å². The second kappa shape index (κ2) is 7.01. The van der Waals surface area contributed by atoms with Crippen LogP contribution in [0.1, 0.15) is 34.5 Å². The third-order valence-electron chi connectivity index (χ3n) is 3.39. The van der Waals surface area contributed by atoms with Crippen molar-refractivity contribution in [1.29, 1.82) is 0 Å². The SMILES string of the molecule is COC(=O)CCCN(C)C(=O)c1c(C)c(C)nn(C)c1=O. The zero-order valence-electron chi connectivity index (χ0n) is 13.1. The van der Waals surface area contributed by atoms with Crippen LogP contribution in [0.25, 0.3) is 0 Å². The highest BCUT2D eigenvalue weighted by molar-refractivity contribution is 5.95. The molecule has 0 bridgehead atoms. The Bertz CT molecular complexity index is 607. The Labute approximate surface area is 123 Å². The summed E-state index contributed by atoms with van der Waals surface area (Å²) in [5.41, 5.74) is 0.944. The van der Waals surface area contributed by atoms with E-state index in [0.29, 0.717) is 24.2 Å². The lowest BCUT2D eigenvalue weighted by atomic mass is 10.1. The van der Waals surface area contributed by atoms with Crippen molar-refractivity contribution in [2.45, 2.75) is 26.7 Å². The molecule has 0 fully saturated rings. The molecule has 0 radical (unpaired) electrons. The number of aryl methyl sites for hydroxylation is 2. The summed E-state index contributed by atoms with van der Waals surface area (Å²) < 4.78 is 5.71. The van der Waals surface area contributed by atoms with Crippen LogP contribution in [-0.2, 0) is 16.6 Å². The number of rotatable bonds is 5. The van der Waals surface area contributed by atoms with Crippen molar-refractivity contribution in [3.63, 3.8) is 0 Å². The minimum Gasteiger partial charge on any atom is -0.469 e. The van der Waals surface area contributed by atoms with Crippen molar-refractivity contribution in [1.82, 2.24) is 14.7 Å². The maximum Gasteiger partial charge on any atom is 0.305 e. The summed E-state index contributed by atoms with van der Waals surface area (Å²) in [6, 6.07) is 0. The molecular formula is C14H21N3O4.